The van der Waals surface area contributed by atoms with Crippen molar-refractivity contribution in [2.45, 2.75) is 13.8 Å². The van der Waals surface area contributed by atoms with Crippen LogP contribution in [0.2, 0.25) is 0 Å². The fraction of sp³-hybridized carbons (Fsp3) is 0.148. The van der Waals surface area contributed by atoms with Crippen LogP contribution in [0.3, 0.4) is 0 Å². The lowest BCUT2D eigenvalue weighted by Crippen LogP contribution is -2.57. The summed E-state index contributed by atoms with van der Waals surface area (Å²) < 4.78 is 10.7. The molecule has 0 aromatic heterocycles. The summed E-state index contributed by atoms with van der Waals surface area (Å²) in [7, 11) is 3.02. The van der Waals surface area contributed by atoms with Gasteiger partial charge in [0.25, 0.3) is 11.8 Å². The summed E-state index contributed by atoms with van der Waals surface area (Å²) in [6, 6.07) is 18.4. The van der Waals surface area contributed by atoms with Crippen molar-refractivity contribution >= 4 is 35.3 Å². The molecule has 0 unspecified atom stereocenters. The highest BCUT2D eigenvalue weighted by atomic mass is 16.5. The van der Waals surface area contributed by atoms with Crippen molar-refractivity contribution in [3.05, 3.63) is 89.0 Å². The third-order valence-electron chi connectivity index (χ3n) is 5.51. The van der Waals surface area contributed by atoms with Crippen LogP contribution < -0.4 is 19.3 Å². The number of rotatable bonds is 5. The molecule has 3 aromatic rings. The number of ether oxygens (including phenoxy) is 2. The van der Waals surface area contributed by atoms with Gasteiger partial charge in [-0.3, -0.25) is 9.59 Å². The molecule has 1 fully saturated rings. The van der Waals surface area contributed by atoms with E-state index in [0.717, 1.165) is 20.9 Å². The Morgan fingerprint density at radius 1 is 0.706 bits per heavy atom. The quantitative estimate of drug-likeness (QED) is 0.403. The Balaban J connectivity index is 1.90. The highest BCUT2D eigenvalue weighted by Crippen LogP contribution is 2.32. The van der Waals surface area contributed by atoms with E-state index in [1.807, 2.05) is 26.0 Å². The van der Waals surface area contributed by atoms with Crippen molar-refractivity contribution < 1.29 is 23.9 Å². The molecule has 0 radical (unpaired) electrons. The smallest absolute Gasteiger partial charge is 0.343 e. The van der Waals surface area contributed by atoms with Gasteiger partial charge in [0.05, 0.1) is 25.6 Å². The first kappa shape index (κ1) is 22.8. The highest BCUT2D eigenvalue weighted by molar-refractivity contribution is 6.46. The molecule has 0 spiro atoms. The molecule has 0 aliphatic carbocycles. The molecule has 3 aromatic carbocycles. The highest BCUT2D eigenvalue weighted by Gasteiger charge is 2.43. The molecule has 34 heavy (non-hydrogen) atoms. The number of nitrogens with zero attached hydrogens (tertiary/aromatic N) is 2. The van der Waals surface area contributed by atoms with Crippen LogP contribution in [0.4, 0.5) is 16.2 Å². The van der Waals surface area contributed by atoms with Gasteiger partial charge in [0, 0.05) is 11.6 Å². The number of carbonyl (C=O) groups excluding carboxylic acids is 3. The van der Waals surface area contributed by atoms with E-state index in [1.54, 1.807) is 54.6 Å². The maximum absolute atomic E-state index is 13.6. The molecule has 7 heteroatoms. The Kier molecular flexibility index (Phi) is 6.19. The molecular weight excluding hydrogens is 432 g/mol. The van der Waals surface area contributed by atoms with E-state index in [2.05, 4.69) is 0 Å². The molecule has 1 heterocycles. The van der Waals surface area contributed by atoms with E-state index in [4.69, 9.17) is 9.47 Å². The largest absolute Gasteiger partial charge is 0.497 e. The Morgan fingerprint density at radius 3 is 1.74 bits per heavy atom. The van der Waals surface area contributed by atoms with Crippen LogP contribution in [0.15, 0.2) is 72.3 Å². The second-order valence-corrected chi connectivity index (χ2v) is 7.91. The average molecular weight is 456 g/mol. The second-order valence-electron chi connectivity index (χ2n) is 7.91. The number of imide groups is 2. The summed E-state index contributed by atoms with van der Waals surface area (Å²) >= 11 is 0. The van der Waals surface area contributed by atoms with E-state index in [-0.39, 0.29) is 5.57 Å². The van der Waals surface area contributed by atoms with E-state index in [1.165, 1.54) is 20.3 Å². The number of anilines is 2. The van der Waals surface area contributed by atoms with Crippen LogP contribution in [-0.4, -0.2) is 32.1 Å². The van der Waals surface area contributed by atoms with Crippen molar-refractivity contribution in [3.63, 3.8) is 0 Å². The molecule has 4 rings (SSSR count). The summed E-state index contributed by atoms with van der Waals surface area (Å²) in [4.78, 5) is 42.7. The van der Waals surface area contributed by atoms with Crippen molar-refractivity contribution in [3.8, 4) is 11.5 Å². The third-order valence-corrected chi connectivity index (χ3v) is 5.51. The van der Waals surface area contributed by atoms with Gasteiger partial charge in [-0.1, -0.05) is 24.3 Å². The molecule has 1 aliphatic heterocycles. The SMILES string of the molecule is COc1ccc(C=C2C(=O)N(c3cccc(C)c3)C(=O)N(c3cccc(C)c3)C2=O)c(OC)c1. The third kappa shape index (κ3) is 4.15. The number of amides is 4. The van der Waals surface area contributed by atoms with Crippen molar-refractivity contribution in [1.29, 1.82) is 0 Å². The lowest BCUT2D eigenvalue weighted by atomic mass is 10.0. The first-order chi connectivity index (χ1) is 16.3. The number of carbonyl (C=O) groups is 3. The Hall–Kier alpha value is -4.39. The van der Waals surface area contributed by atoms with E-state index < -0.39 is 17.8 Å². The van der Waals surface area contributed by atoms with Gasteiger partial charge in [-0.25, -0.2) is 14.6 Å². The number of hydrogen-bond acceptors (Lipinski definition) is 5. The minimum Gasteiger partial charge on any atom is -0.497 e. The van der Waals surface area contributed by atoms with Crippen LogP contribution >= 0.6 is 0 Å². The van der Waals surface area contributed by atoms with Crippen molar-refractivity contribution in [2.24, 2.45) is 0 Å². The van der Waals surface area contributed by atoms with E-state index in [0.29, 0.717) is 28.4 Å². The fourth-order valence-corrected chi connectivity index (χ4v) is 3.81. The van der Waals surface area contributed by atoms with Gasteiger partial charge in [0.15, 0.2) is 0 Å². The summed E-state index contributed by atoms with van der Waals surface area (Å²) in [6.07, 6.45) is 1.45. The number of benzene rings is 3. The number of aryl methyl sites for hydroxylation is 2. The van der Waals surface area contributed by atoms with Gasteiger partial charge in [0.2, 0.25) is 0 Å². The Bertz CT molecular complexity index is 1260. The molecule has 4 amide bonds. The van der Waals surface area contributed by atoms with Crippen molar-refractivity contribution in [2.75, 3.05) is 24.0 Å². The summed E-state index contributed by atoms with van der Waals surface area (Å²) in [5.74, 6) is -0.420. The normalized spacial score (nSPS) is 13.9. The number of methoxy groups -OCH3 is 2. The molecule has 172 valence electrons. The summed E-state index contributed by atoms with van der Waals surface area (Å²) in [6.45, 7) is 3.73. The number of urea groups is 1. The molecule has 1 aliphatic rings. The predicted molar refractivity (Wildman–Crippen MR) is 130 cm³/mol. The van der Waals surface area contributed by atoms with Crippen LogP contribution in [0.25, 0.3) is 6.08 Å². The Morgan fingerprint density at radius 2 is 1.26 bits per heavy atom. The Labute approximate surface area is 197 Å². The number of hydrogen-bond donors (Lipinski definition) is 0. The van der Waals surface area contributed by atoms with Gasteiger partial charge in [-0.05, 0) is 67.4 Å². The standard InChI is InChI=1S/C27H24N2O5/c1-17-7-5-9-20(13-17)28-25(30)23(15-19-11-12-22(33-3)16-24(19)34-4)26(31)29(27(28)32)21-10-6-8-18(2)14-21/h5-16H,1-4H3. The first-order valence-corrected chi connectivity index (χ1v) is 10.6. The van der Waals surface area contributed by atoms with Crippen LogP contribution in [-0.2, 0) is 9.59 Å². The zero-order chi connectivity index (χ0) is 24.4. The van der Waals surface area contributed by atoms with Gasteiger partial charge < -0.3 is 9.47 Å². The molecule has 7 nitrogen and oxygen atoms in total. The van der Waals surface area contributed by atoms with Gasteiger partial charge in [-0.15, -0.1) is 0 Å². The molecule has 0 atom stereocenters. The second kappa shape index (κ2) is 9.23. The zero-order valence-corrected chi connectivity index (χ0v) is 19.4. The topological polar surface area (TPSA) is 76.2 Å². The van der Waals surface area contributed by atoms with Crippen LogP contribution in [0.1, 0.15) is 16.7 Å². The minimum absolute atomic E-state index is 0.161. The van der Waals surface area contributed by atoms with Gasteiger partial charge in [-0.2, -0.15) is 0 Å². The fourth-order valence-electron chi connectivity index (χ4n) is 3.81. The molecule has 0 bridgehead atoms. The van der Waals surface area contributed by atoms with Gasteiger partial charge in [0.1, 0.15) is 17.1 Å². The summed E-state index contributed by atoms with van der Waals surface area (Å²) in [5.41, 5.74) is 2.85. The first-order valence-electron chi connectivity index (χ1n) is 10.6. The minimum atomic E-state index is -0.731. The predicted octanol–water partition coefficient (Wildman–Crippen LogP) is 4.90. The summed E-state index contributed by atoms with van der Waals surface area (Å²) in [5, 5.41) is 0. The molecule has 0 saturated carbocycles. The zero-order valence-electron chi connectivity index (χ0n) is 19.4. The van der Waals surface area contributed by atoms with Crippen LogP contribution in [0.5, 0.6) is 11.5 Å². The molecular formula is C27H24N2O5. The maximum Gasteiger partial charge on any atom is 0.343 e. The molecule has 1 saturated heterocycles. The molecule has 0 N–H and O–H groups in total. The van der Waals surface area contributed by atoms with E-state index in [9.17, 15) is 14.4 Å². The van der Waals surface area contributed by atoms with Gasteiger partial charge >= 0.3 is 6.03 Å². The maximum atomic E-state index is 13.6. The lowest BCUT2D eigenvalue weighted by Gasteiger charge is -2.34. The van der Waals surface area contributed by atoms with Crippen LogP contribution in [0, 0.1) is 13.8 Å². The monoisotopic (exact) mass is 456 g/mol. The van der Waals surface area contributed by atoms with E-state index >= 15 is 0 Å². The lowest BCUT2D eigenvalue weighted by molar-refractivity contribution is -0.121. The average Bonchev–Trinajstić information content (AvgIpc) is 2.82. The number of barbiturate groups is 1. The van der Waals surface area contributed by atoms with Crippen molar-refractivity contribution in [1.82, 2.24) is 0 Å².